The van der Waals surface area contributed by atoms with Crippen LogP contribution in [0.25, 0.3) is 6.08 Å². The number of benzene rings is 2. The summed E-state index contributed by atoms with van der Waals surface area (Å²) in [5.74, 6) is 4.01. The highest BCUT2D eigenvalue weighted by Crippen LogP contribution is 2.23. The molecule has 2 rings (SSSR count). The molecule has 0 saturated carbocycles. The fourth-order valence-corrected chi connectivity index (χ4v) is 2.09. The Balaban J connectivity index is 2.19. The van der Waals surface area contributed by atoms with E-state index in [1.165, 1.54) is 0 Å². The van der Waals surface area contributed by atoms with Gasteiger partial charge in [0.2, 0.25) is 0 Å². The zero-order valence-electron chi connectivity index (χ0n) is 13.1. The average molecular weight is 339 g/mol. The maximum absolute atomic E-state index is 13.7. The predicted octanol–water partition coefficient (Wildman–Crippen LogP) is 5.91. The van der Waals surface area contributed by atoms with Gasteiger partial charge in [-0.3, -0.25) is 0 Å². The lowest BCUT2D eigenvalue weighted by atomic mass is 10.1. The Labute approximate surface area is 145 Å². The Morgan fingerprint density at radius 2 is 1.67 bits per heavy atom. The van der Waals surface area contributed by atoms with Crippen LogP contribution in [-0.4, -0.2) is 5.16 Å². The van der Waals surface area contributed by atoms with E-state index in [4.69, 9.17) is 0 Å². The van der Waals surface area contributed by atoms with Gasteiger partial charge in [0.15, 0.2) is 11.6 Å². The molecule has 0 aromatic heterocycles. The van der Waals surface area contributed by atoms with Gasteiger partial charge in [0.05, 0.1) is 5.16 Å². The highest BCUT2D eigenvalue weighted by atomic mass is 32.1. The Morgan fingerprint density at radius 3 is 2.25 bits per heavy atom. The predicted molar refractivity (Wildman–Crippen MR) is 97.4 cm³/mol. The average Bonchev–Trinajstić information content (AvgIpc) is 2.58. The Kier molecular flexibility index (Phi) is 6.57. The van der Waals surface area contributed by atoms with E-state index in [2.05, 4.69) is 48.1 Å². The minimum absolute atomic E-state index is 0.236. The summed E-state index contributed by atoms with van der Waals surface area (Å²) >= 11 is 4.36. The number of hydrogen-bond donors (Lipinski definition) is 0. The van der Waals surface area contributed by atoms with Crippen LogP contribution in [0.3, 0.4) is 0 Å². The largest absolute Gasteiger partial charge is 0.204 e. The first-order valence-corrected chi connectivity index (χ1v) is 7.90. The number of aliphatic imine (C=N–C) groups is 1. The lowest BCUT2D eigenvalue weighted by Gasteiger charge is -1.98. The molecule has 0 saturated heterocycles. The third kappa shape index (κ3) is 4.96. The number of nitrogens with zero attached hydrogens (tertiary/aromatic N) is 1. The summed E-state index contributed by atoms with van der Waals surface area (Å²) in [4.78, 5) is 3.37. The van der Waals surface area contributed by atoms with Crippen molar-refractivity contribution in [2.75, 3.05) is 0 Å². The molecule has 0 atom stereocenters. The second kappa shape index (κ2) is 8.88. The minimum atomic E-state index is -0.812. The van der Waals surface area contributed by atoms with E-state index in [0.717, 1.165) is 36.1 Å². The van der Waals surface area contributed by atoms with Crippen LogP contribution in [0, 0.1) is 23.5 Å². The van der Waals surface area contributed by atoms with Crippen LogP contribution in [0.15, 0.2) is 47.5 Å². The fourth-order valence-electron chi connectivity index (χ4n) is 2.00. The van der Waals surface area contributed by atoms with Gasteiger partial charge in [-0.2, -0.15) is 4.99 Å². The molecule has 0 unspecified atom stereocenters. The van der Waals surface area contributed by atoms with E-state index in [1.54, 1.807) is 0 Å². The second-order valence-corrected chi connectivity index (χ2v) is 5.24. The third-order valence-corrected chi connectivity index (χ3v) is 3.29. The molecule has 0 aliphatic rings. The van der Waals surface area contributed by atoms with Crippen molar-refractivity contribution >= 4 is 29.1 Å². The van der Waals surface area contributed by atoms with Gasteiger partial charge >= 0.3 is 0 Å². The molecule has 0 aliphatic carbocycles. The van der Waals surface area contributed by atoms with E-state index < -0.39 is 17.3 Å². The summed E-state index contributed by atoms with van der Waals surface area (Å²) in [6, 6.07) is 9.91. The number of thiocarbonyl (C=S) groups is 1. The van der Waals surface area contributed by atoms with Gasteiger partial charge in [0.1, 0.15) is 5.69 Å². The van der Waals surface area contributed by atoms with Crippen LogP contribution >= 0.6 is 12.2 Å². The summed E-state index contributed by atoms with van der Waals surface area (Å²) in [5, 5.41) is 1.95. The van der Waals surface area contributed by atoms with Crippen molar-refractivity contribution in [3.8, 4) is 11.8 Å². The monoisotopic (exact) mass is 339 g/mol. The molecule has 2 aromatic rings. The molecule has 24 heavy (non-hydrogen) atoms. The van der Waals surface area contributed by atoms with Crippen LogP contribution < -0.4 is 0 Å². The number of isothiocyanates is 1. The van der Waals surface area contributed by atoms with E-state index in [-0.39, 0.29) is 5.56 Å². The van der Waals surface area contributed by atoms with Crippen molar-refractivity contribution < 1.29 is 8.78 Å². The molecule has 1 nitrogen and oxygen atoms in total. The number of unbranched alkanes of at least 4 members (excludes halogenated alkanes) is 1. The van der Waals surface area contributed by atoms with Crippen molar-refractivity contribution in [3.05, 3.63) is 70.8 Å². The lowest BCUT2D eigenvalue weighted by molar-refractivity contribution is 0.587. The van der Waals surface area contributed by atoms with E-state index in [0.29, 0.717) is 0 Å². The lowest BCUT2D eigenvalue weighted by Crippen LogP contribution is -1.86. The molecular weight excluding hydrogens is 324 g/mol. The minimum Gasteiger partial charge on any atom is -0.204 e. The standard InChI is InChI=1S/C20H15F2NS/c1-2-3-4-5-15-6-8-16(9-7-15)10-11-17-12-18(21)20(23-14-24)19(22)13-17/h4-9,12-13H,2-3H2,1H3/b5-4+. The van der Waals surface area contributed by atoms with Gasteiger partial charge in [-0.05, 0) is 48.5 Å². The van der Waals surface area contributed by atoms with E-state index in [9.17, 15) is 8.78 Å². The first-order chi connectivity index (χ1) is 11.6. The SMILES string of the molecule is CCC/C=C/c1ccc(C#Cc2cc(F)c(N=C=S)c(F)c2)cc1. The quantitative estimate of drug-likeness (QED) is 0.383. The Morgan fingerprint density at radius 1 is 1.04 bits per heavy atom. The summed E-state index contributed by atoms with van der Waals surface area (Å²) in [5.41, 5.74) is 1.65. The van der Waals surface area contributed by atoms with Crippen LogP contribution in [-0.2, 0) is 0 Å². The third-order valence-electron chi connectivity index (χ3n) is 3.20. The molecule has 0 N–H and O–H groups in total. The number of allylic oxidation sites excluding steroid dienone is 1. The van der Waals surface area contributed by atoms with Crippen LogP contribution in [0.4, 0.5) is 14.5 Å². The number of halogens is 2. The first-order valence-electron chi connectivity index (χ1n) is 7.49. The Hall–Kier alpha value is -2.60. The highest BCUT2D eigenvalue weighted by molar-refractivity contribution is 7.78. The zero-order chi connectivity index (χ0) is 17.4. The number of rotatable bonds is 4. The van der Waals surface area contributed by atoms with Crippen LogP contribution in [0.1, 0.15) is 36.5 Å². The number of hydrogen-bond acceptors (Lipinski definition) is 2. The fraction of sp³-hybridized carbons (Fsp3) is 0.150. The molecule has 0 heterocycles. The first kappa shape index (κ1) is 17.7. The van der Waals surface area contributed by atoms with Gasteiger partial charge in [-0.1, -0.05) is 49.5 Å². The van der Waals surface area contributed by atoms with Crippen molar-refractivity contribution in [2.24, 2.45) is 4.99 Å². The van der Waals surface area contributed by atoms with Crippen molar-refractivity contribution in [3.63, 3.8) is 0 Å². The van der Waals surface area contributed by atoms with Crippen molar-refractivity contribution in [1.82, 2.24) is 0 Å². The van der Waals surface area contributed by atoms with Gasteiger partial charge in [-0.25, -0.2) is 8.78 Å². The smallest absolute Gasteiger partial charge is 0.153 e. The van der Waals surface area contributed by atoms with Gasteiger partial charge in [0.25, 0.3) is 0 Å². The molecule has 0 fully saturated rings. The van der Waals surface area contributed by atoms with Gasteiger partial charge in [0, 0.05) is 11.1 Å². The molecule has 0 radical (unpaired) electrons. The highest BCUT2D eigenvalue weighted by Gasteiger charge is 2.09. The maximum atomic E-state index is 13.7. The summed E-state index contributed by atoms with van der Waals surface area (Å²) in [6.45, 7) is 2.13. The molecule has 0 bridgehead atoms. The molecule has 0 aliphatic heterocycles. The van der Waals surface area contributed by atoms with Gasteiger partial charge in [-0.15, -0.1) is 0 Å². The normalized spacial score (nSPS) is 10.1. The summed E-state index contributed by atoms with van der Waals surface area (Å²) in [6.07, 6.45) is 6.33. The summed E-state index contributed by atoms with van der Waals surface area (Å²) in [7, 11) is 0. The Bertz CT molecular complexity index is 828. The van der Waals surface area contributed by atoms with Crippen LogP contribution in [0.5, 0.6) is 0 Å². The maximum Gasteiger partial charge on any atom is 0.153 e. The van der Waals surface area contributed by atoms with Crippen LogP contribution in [0.2, 0.25) is 0 Å². The molecule has 4 heteroatoms. The molecule has 0 spiro atoms. The van der Waals surface area contributed by atoms with E-state index >= 15 is 0 Å². The molecule has 0 amide bonds. The van der Waals surface area contributed by atoms with Gasteiger partial charge < -0.3 is 0 Å². The topological polar surface area (TPSA) is 12.4 Å². The van der Waals surface area contributed by atoms with Crippen molar-refractivity contribution in [1.29, 1.82) is 0 Å². The summed E-state index contributed by atoms with van der Waals surface area (Å²) < 4.78 is 27.5. The molecular formula is C20H15F2NS. The zero-order valence-corrected chi connectivity index (χ0v) is 14.0. The van der Waals surface area contributed by atoms with Crippen molar-refractivity contribution in [2.45, 2.75) is 19.8 Å². The molecule has 120 valence electrons. The second-order valence-electron chi connectivity index (χ2n) is 5.05. The molecule has 2 aromatic carbocycles. The van der Waals surface area contributed by atoms with E-state index in [1.807, 2.05) is 29.4 Å².